The molecule has 1 aliphatic rings. The van der Waals surface area contributed by atoms with Crippen molar-refractivity contribution in [2.45, 2.75) is 62.6 Å². The molecule has 1 atom stereocenters. The second kappa shape index (κ2) is 13.6. The molecule has 0 spiro atoms. The Hall–Kier alpha value is -3.69. The molecule has 0 aromatic heterocycles. The summed E-state index contributed by atoms with van der Waals surface area (Å²) in [6.07, 6.45) is 2.71. The largest absolute Gasteiger partial charge is 0.497 e. The van der Waals surface area contributed by atoms with Gasteiger partial charge in [-0.15, -0.1) is 0 Å². The maximum Gasteiger partial charge on any atom is 0.243 e. The third kappa shape index (κ3) is 8.16. The zero-order valence-corrected chi connectivity index (χ0v) is 23.8. The number of hydrogen-bond donors (Lipinski definition) is 2. The van der Waals surface area contributed by atoms with Crippen LogP contribution in [0.1, 0.15) is 42.9 Å². The summed E-state index contributed by atoms with van der Waals surface area (Å²) in [5.74, 6) is 0.352. The number of nitrogens with one attached hydrogen (secondary N) is 2. The van der Waals surface area contributed by atoms with Crippen LogP contribution in [-0.2, 0) is 39.0 Å². The smallest absolute Gasteiger partial charge is 0.243 e. The van der Waals surface area contributed by atoms with Crippen LogP contribution in [-0.4, -0.2) is 50.9 Å². The van der Waals surface area contributed by atoms with Crippen molar-refractivity contribution in [1.82, 2.24) is 14.9 Å². The number of amides is 2. The van der Waals surface area contributed by atoms with Gasteiger partial charge in [0.25, 0.3) is 0 Å². The molecule has 2 amide bonds. The molecule has 1 saturated carbocycles. The summed E-state index contributed by atoms with van der Waals surface area (Å²) in [5.41, 5.74) is 2.69. The predicted molar refractivity (Wildman–Crippen MR) is 154 cm³/mol. The number of aryl methyl sites for hydroxylation is 1. The third-order valence-corrected chi connectivity index (χ3v) is 8.43. The van der Waals surface area contributed by atoms with Crippen molar-refractivity contribution in [3.63, 3.8) is 0 Å². The Bertz CT molecular complexity index is 1370. The Morgan fingerprint density at radius 2 is 1.57 bits per heavy atom. The average Bonchev–Trinajstić information content (AvgIpc) is 3.78. The van der Waals surface area contributed by atoms with E-state index < -0.39 is 16.1 Å². The van der Waals surface area contributed by atoms with E-state index in [1.807, 2.05) is 61.5 Å². The second-order valence-corrected chi connectivity index (χ2v) is 11.7. The van der Waals surface area contributed by atoms with Crippen molar-refractivity contribution in [2.75, 3.05) is 13.7 Å². The van der Waals surface area contributed by atoms with E-state index in [1.165, 1.54) is 0 Å². The molecule has 8 nitrogen and oxygen atoms in total. The van der Waals surface area contributed by atoms with Gasteiger partial charge < -0.3 is 15.0 Å². The Morgan fingerprint density at radius 3 is 2.17 bits per heavy atom. The minimum Gasteiger partial charge on any atom is -0.497 e. The summed E-state index contributed by atoms with van der Waals surface area (Å²) in [6.45, 7) is 2.58. The normalized spacial score (nSPS) is 13.8. The van der Waals surface area contributed by atoms with Crippen molar-refractivity contribution in [3.05, 3.63) is 95.6 Å². The van der Waals surface area contributed by atoms with E-state index in [9.17, 15) is 18.0 Å². The summed E-state index contributed by atoms with van der Waals surface area (Å²) in [4.78, 5) is 28.9. The first kappa shape index (κ1) is 29.3. The molecule has 40 heavy (non-hydrogen) atoms. The molecule has 0 aliphatic heterocycles. The number of sulfonamides is 1. The van der Waals surface area contributed by atoms with Crippen molar-refractivity contribution in [1.29, 1.82) is 0 Å². The number of carbonyl (C=O) groups excluding carboxylic acids is 2. The van der Waals surface area contributed by atoms with Crippen LogP contribution in [0.15, 0.2) is 83.8 Å². The molecule has 0 radical (unpaired) electrons. The number of rotatable bonds is 14. The summed E-state index contributed by atoms with van der Waals surface area (Å²) in [6, 6.07) is 23.1. The number of hydrogen-bond acceptors (Lipinski definition) is 5. The molecule has 4 rings (SSSR count). The Morgan fingerprint density at radius 1 is 0.925 bits per heavy atom. The van der Waals surface area contributed by atoms with Crippen LogP contribution in [0.4, 0.5) is 0 Å². The molecule has 0 unspecified atom stereocenters. The molecular formula is C31H37N3O5S. The fourth-order valence-electron chi connectivity index (χ4n) is 4.49. The first-order valence-electron chi connectivity index (χ1n) is 13.6. The SMILES string of the molecule is CCNC(=O)[C@H](Cc1ccccc1)N(Cc1ccc(OC)cc1)C(=O)CCc1ccc(S(=O)(=O)NC2CC2)cc1. The van der Waals surface area contributed by atoms with Gasteiger partial charge in [-0.2, -0.15) is 0 Å². The van der Waals surface area contributed by atoms with Gasteiger partial charge in [-0.25, -0.2) is 13.1 Å². The molecule has 1 fully saturated rings. The lowest BCUT2D eigenvalue weighted by Crippen LogP contribution is -2.50. The number of carbonyl (C=O) groups is 2. The van der Waals surface area contributed by atoms with E-state index >= 15 is 0 Å². The Kier molecular flexibility index (Phi) is 9.95. The summed E-state index contributed by atoms with van der Waals surface area (Å²) in [5, 5.41) is 2.90. The molecule has 9 heteroatoms. The molecule has 3 aromatic carbocycles. The van der Waals surface area contributed by atoms with Gasteiger partial charge in [-0.05, 0) is 67.1 Å². The lowest BCUT2D eigenvalue weighted by molar-refractivity contribution is -0.141. The Balaban J connectivity index is 1.53. The van der Waals surface area contributed by atoms with Crippen LogP contribution in [0.25, 0.3) is 0 Å². The number of ether oxygens (including phenoxy) is 1. The van der Waals surface area contributed by atoms with Gasteiger partial charge in [0.15, 0.2) is 0 Å². The molecule has 0 heterocycles. The van der Waals surface area contributed by atoms with Crippen LogP contribution < -0.4 is 14.8 Å². The van der Waals surface area contributed by atoms with Crippen LogP contribution in [0.3, 0.4) is 0 Å². The molecule has 0 bridgehead atoms. The zero-order chi connectivity index (χ0) is 28.5. The Labute approximate surface area is 236 Å². The molecule has 3 aromatic rings. The maximum absolute atomic E-state index is 13.8. The highest BCUT2D eigenvalue weighted by Crippen LogP contribution is 2.23. The first-order valence-corrected chi connectivity index (χ1v) is 15.1. The minimum absolute atomic E-state index is 0.0349. The first-order chi connectivity index (χ1) is 19.3. The number of methoxy groups -OCH3 is 1. The van der Waals surface area contributed by atoms with Crippen molar-refractivity contribution in [3.8, 4) is 5.75 Å². The van der Waals surface area contributed by atoms with E-state index in [1.54, 1.807) is 36.3 Å². The van der Waals surface area contributed by atoms with E-state index in [4.69, 9.17) is 4.74 Å². The highest BCUT2D eigenvalue weighted by Gasteiger charge is 2.30. The fourth-order valence-corrected chi connectivity index (χ4v) is 5.80. The van der Waals surface area contributed by atoms with Crippen LogP contribution >= 0.6 is 0 Å². The standard InChI is InChI=1S/C31H37N3O5S/c1-3-32-31(36)29(21-24-7-5-4-6-8-24)34(22-25-9-16-27(39-2)17-10-25)30(35)20-13-23-11-18-28(19-12-23)40(37,38)33-26-14-15-26/h4-12,16-19,26,29,33H,3,13-15,20-22H2,1-2H3,(H,32,36)/t29-/m0/s1. The van der Waals surface area contributed by atoms with Crippen LogP contribution in [0.5, 0.6) is 5.75 Å². The summed E-state index contributed by atoms with van der Waals surface area (Å²) >= 11 is 0. The second-order valence-electron chi connectivity index (χ2n) is 10.0. The highest BCUT2D eigenvalue weighted by molar-refractivity contribution is 7.89. The van der Waals surface area contributed by atoms with E-state index in [0.29, 0.717) is 25.1 Å². The maximum atomic E-state index is 13.8. The van der Waals surface area contributed by atoms with Crippen molar-refractivity contribution >= 4 is 21.8 Å². The molecule has 1 aliphatic carbocycles. The van der Waals surface area contributed by atoms with Crippen molar-refractivity contribution < 1.29 is 22.7 Å². The van der Waals surface area contributed by atoms with Crippen LogP contribution in [0, 0.1) is 0 Å². The van der Waals surface area contributed by atoms with Crippen LogP contribution in [0.2, 0.25) is 0 Å². The lowest BCUT2D eigenvalue weighted by Gasteiger charge is -2.31. The number of benzene rings is 3. The van der Waals surface area contributed by atoms with Gasteiger partial charge in [0.1, 0.15) is 11.8 Å². The van der Waals surface area contributed by atoms with Gasteiger partial charge in [0.05, 0.1) is 12.0 Å². The highest BCUT2D eigenvalue weighted by atomic mass is 32.2. The molecule has 2 N–H and O–H groups in total. The molecule has 212 valence electrons. The predicted octanol–water partition coefficient (Wildman–Crippen LogP) is 3.84. The average molecular weight is 564 g/mol. The minimum atomic E-state index is -3.53. The molecular weight excluding hydrogens is 526 g/mol. The monoisotopic (exact) mass is 563 g/mol. The third-order valence-electron chi connectivity index (χ3n) is 6.89. The number of likely N-dealkylation sites (N-methyl/N-ethyl adjacent to an activating group) is 1. The van der Waals surface area contributed by atoms with E-state index in [-0.39, 0.29) is 35.7 Å². The van der Waals surface area contributed by atoms with Gasteiger partial charge in [-0.1, -0.05) is 54.6 Å². The molecule has 0 saturated heterocycles. The van der Waals surface area contributed by atoms with Gasteiger partial charge >= 0.3 is 0 Å². The van der Waals surface area contributed by atoms with Gasteiger partial charge in [0.2, 0.25) is 21.8 Å². The fraction of sp³-hybridized carbons (Fsp3) is 0.355. The van der Waals surface area contributed by atoms with Gasteiger partial charge in [-0.3, -0.25) is 9.59 Å². The van der Waals surface area contributed by atoms with Gasteiger partial charge in [0, 0.05) is 32.0 Å². The quantitative estimate of drug-likeness (QED) is 0.310. The lowest BCUT2D eigenvalue weighted by atomic mass is 10.0. The zero-order valence-electron chi connectivity index (χ0n) is 23.0. The summed E-state index contributed by atoms with van der Waals surface area (Å²) in [7, 11) is -1.93. The number of nitrogens with zero attached hydrogens (tertiary/aromatic N) is 1. The van der Waals surface area contributed by atoms with Crippen molar-refractivity contribution in [2.24, 2.45) is 0 Å². The van der Waals surface area contributed by atoms with E-state index in [0.717, 1.165) is 29.5 Å². The van der Waals surface area contributed by atoms with E-state index in [2.05, 4.69) is 10.0 Å². The topological polar surface area (TPSA) is 105 Å². The summed E-state index contributed by atoms with van der Waals surface area (Å²) < 4.78 is 32.9.